The molecule has 1 atom stereocenters. The molecule has 2 heterocycles. The summed E-state index contributed by atoms with van der Waals surface area (Å²) in [5.41, 5.74) is 4.16. The maximum atomic E-state index is 14.4. The van der Waals surface area contributed by atoms with Crippen LogP contribution in [0.4, 0.5) is 10.1 Å². The lowest BCUT2D eigenvalue weighted by Gasteiger charge is -2.19. The van der Waals surface area contributed by atoms with Gasteiger partial charge in [0.15, 0.2) is 5.16 Å². The number of rotatable bonds is 4. The maximum Gasteiger partial charge on any atom is 0.258 e. The van der Waals surface area contributed by atoms with Gasteiger partial charge in [-0.05, 0) is 54.8 Å². The van der Waals surface area contributed by atoms with E-state index in [1.54, 1.807) is 11.2 Å². The average Bonchev–Trinajstić information content (AvgIpc) is 3.19. The van der Waals surface area contributed by atoms with Gasteiger partial charge in [-0.1, -0.05) is 23.9 Å². The lowest BCUT2D eigenvalue weighted by molar-refractivity contribution is 0.0996. The van der Waals surface area contributed by atoms with Crippen molar-refractivity contribution in [3.8, 4) is 0 Å². The Hall–Kier alpha value is -2.67. The molecule has 0 radical (unpaired) electrons. The molecule has 1 unspecified atom stereocenters. The monoisotopic (exact) mass is 382 g/mol. The number of amides is 1. The highest BCUT2D eigenvalue weighted by Gasteiger charge is 2.30. The van der Waals surface area contributed by atoms with Gasteiger partial charge in [0.1, 0.15) is 12.1 Å². The third-order valence-corrected chi connectivity index (χ3v) is 6.05. The van der Waals surface area contributed by atoms with Gasteiger partial charge in [-0.25, -0.2) is 4.39 Å². The zero-order chi connectivity index (χ0) is 19.1. The fraction of sp³-hybridized carbons (Fsp3) is 0.250. The number of benzene rings is 2. The number of hydrogen-bond acceptors (Lipinski definition) is 4. The van der Waals surface area contributed by atoms with Gasteiger partial charge in [0.05, 0.1) is 6.54 Å². The standard InChI is InChI=1S/C20H19FN4OS/c1-12-5-4-6-17-18(12)10-25(19(17)26)16-8-14(7-15(21)9-16)13(2)27-20-23-22-11-24(20)3/h4-9,11,13H,10H2,1-3H3. The van der Waals surface area contributed by atoms with Crippen LogP contribution in [0.25, 0.3) is 0 Å². The molecule has 1 amide bonds. The third kappa shape index (κ3) is 3.23. The molecule has 5 nitrogen and oxygen atoms in total. The Morgan fingerprint density at radius 2 is 2.07 bits per heavy atom. The summed E-state index contributed by atoms with van der Waals surface area (Å²) in [5, 5.41) is 8.66. The molecule has 1 aliphatic rings. The van der Waals surface area contributed by atoms with E-state index in [4.69, 9.17) is 0 Å². The van der Waals surface area contributed by atoms with E-state index in [9.17, 15) is 9.18 Å². The van der Waals surface area contributed by atoms with Crippen molar-refractivity contribution in [3.05, 3.63) is 70.8 Å². The summed E-state index contributed by atoms with van der Waals surface area (Å²) < 4.78 is 16.2. The second-order valence-electron chi connectivity index (χ2n) is 6.72. The molecule has 7 heteroatoms. The quantitative estimate of drug-likeness (QED) is 0.632. The molecule has 0 bridgehead atoms. The third-order valence-electron chi connectivity index (χ3n) is 4.84. The Bertz CT molecular complexity index is 1030. The first kappa shape index (κ1) is 17.7. The smallest absolute Gasteiger partial charge is 0.258 e. The van der Waals surface area contributed by atoms with Crippen LogP contribution in [0.15, 0.2) is 47.9 Å². The highest BCUT2D eigenvalue weighted by atomic mass is 32.2. The first-order chi connectivity index (χ1) is 12.9. The van der Waals surface area contributed by atoms with Crippen LogP contribution in [-0.4, -0.2) is 20.7 Å². The highest BCUT2D eigenvalue weighted by Crippen LogP contribution is 2.37. The van der Waals surface area contributed by atoms with Crippen LogP contribution in [-0.2, 0) is 13.6 Å². The van der Waals surface area contributed by atoms with Crippen molar-refractivity contribution < 1.29 is 9.18 Å². The molecule has 4 rings (SSSR count). The van der Waals surface area contributed by atoms with E-state index in [1.807, 2.05) is 49.7 Å². The molecule has 1 aromatic heterocycles. The van der Waals surface area contributed by atoms with E-state index in [1.165, 1.54) is 23.9 Å². The van der Waals surface area contributed by atoms with Crippen LogP contribution >= 0.6 is 11.8 Å². The largest absolute Gasteiger partial charge is 0.312 e. The second-order valence-corrected chi connectivity index (χ2v) is 8.03. The molecular weight excluding hydrogens is 363 g/mol. The highest BCUT2D eigenvalue weighted by molar-refractivity contribution is 7.99. The summed E-state index contributed by atoms with van der Waals surface area (Å²) in [6.07, 6.45) is 1.63. The fourth-order valence-electron chi connectivity index (χ4n) is 3.29. The van der Waals surface area contributed by atoms with Gasteiger partial charge < -0.3 is 9.47 Å². The Balaban J connectivity index is 1.65. The van der Waals surface area contributed by atoms with Crippen molar-refractivity contribution in [1.29, 1.82) is 0 Å². The molecule has 1 aliphatic heterocycles. The molecule has 138 valence electrons. The Morgan fingerprint density at radius 1 is 1.26 bits per heavy atom. The Morgan fingerprint density at radius 3 is 2.78 bits per heavy atom. The summed E-state index contributed by atoms with van der Waals surface area (Å²) in [7, 11) is 1.87. The van der Waals surface area contributed by atoms with Gasteiger partial charge in [0, 0.05) is 23.5 Å². The Labute approximate surface area is 161 Å². The molecule has 0 aliphatic carbocycles. The van der Waals surface area contributed by atoms with Crippen LogP contribution in [0.2, 0.25) is 0 Å². The number of carbonyl (C=O) groups excluding carboxylic acids is 1. The number of aryl methyl sites for hydroxylation is 2. The molecular formula is C20H19FN4OS. The number of fused-ring (bicyclic) bond motifs is 1. The molecule has 0 spiro atoms. The van der Waals surface area contributed by atoms with Crippen LogP contribution in [0.3, 0.4) is 0 Å². The van der Waals surface area contributed by atoms with Crippen molar-refractivity contribution >= 4 is 23.4 Å². The number of aromatic nitrogens is 3. The summed E-state index contributed by atoms with van der Waals surface area (Å²) in [6, 6.07) is 10.5. The van der Waals surface area contributed by atoms with E-state index in [2.05, 4.69) is 10.2 Å². The van der Waals surface area contributed by atoms with Crippen molar-refractivity contribution in [2.24, 2.45) is 7.05 Å². The van der Waals surface area contributed by atoms with E-state index in [-0.39, 0.29) is 17.0 Å². The zero-order valence-corrected chi connectivity index (χ0v) is 16.1. The summed E-state index contributed by atoms with van der Waals surface area (Å²) in [6.45, 7) is 4.45. The molecule has 0 saturated heterocycles. The maximum absolute atomic E-state index is 14.4. The SMILES string of the molecule is Cc1cccc2c1CN(c1cc(F)cc(C(C)Sc3nncn3C)c1)C2=O. The number of anilines is 1. The van der Waals surface area contributed by atoms with Crippen LogP contribution in [0, 0.1) is 12.7 Å². The zero-order valence-electron chi connectivity index (χ0n) is 15.3. The lowest BCUT2D eigenvalue weighted by Crippen LogP contribution is -2.23. The predicted molar refractivity (Wildman–Crippen MR) is 103 cm³/mol. The van der Waals surface area contributed by atoms with Gasteiger partial charge >= 0.3 is 0 Å². The normalized spacial score (nSPS) is 14.5. The van der Waals surface area contributed by atoms with Gasteiger partial charge in [0.25, 0.3) is 5.91 Å². The molecule has 2 aromatic carbocycles. The summed E-state index contributed by atoms with van der Waals surface area (Å²) in [4.78, 5) is 14.5. The molecule has 0 N–H and O–H groups in total. The van der Waals surface area contributed by atoms with E-state index < -0.39 is 0 Å². The van der Waals surface area contributed by atoms with Gasteiger partial charge in [-0.2, -0.15) is 0 Å². The average molecular weight is 382 g/mol. The van der Waals surface area contributed by atoms with E-state index in [0.29, 0.717) is 17.8 Å². The number of halogens is 1. The number of nitrogens with zero attached hydrogens (tertiary/aromatic N) is 4. The first-order valence-electron chi connectivity index (χ1n) is 8.65. The summed E-state index contributed by atoms with van der Waals surface area (Å²) >= 11 is 1.50. The summed E-state index contributed by atoms with van der Waals surface area (Å²) in [5.74, 6) is -0.438. The second kappa shape index (κ2) is 6.81. The van der Waals surface area contributed by atoms with Crippen molar-refractivity contribution in [3.63, 3.8) is 0 Å². The van der Waals surface area contributed by atoms with Crippen molar-refractivity contribution in [2.45, 2.75) is 30.8 Å². The van der Waals surface area contributed by atoms with Crippen molar-refractivity contribution in [2.75, 3.05) is 4.90 Å². The minimum atomic E-state index is -0.353. The minimum absolute atomic E-state index is 0.0378. The van der Waals surface area contributed by atoms with Gasteiger partial charge in [0.2, 0.25) is 0 Å². The molecule has 3 aromatic rings. The Kier molecular flexibility index (Phi) is 4.47. The van der Waals surface area contributed by atoms with Gasteiger partial charge in [-0.15, -0.1) is 10.2 Å². The fourth-order valence-corrected chi connectivity index (χ4v) is 4.18. The number of carbonyl (C=O) groups is 1. The predicted octanol–water partition coefficient (Wildman–Crippen LogP) is 4.28. The number of thioether (sulfide) groups is 1. The lowest BCUT2D eigenvalue weighted by atomic mass is 10.1. The number of hydrogen-bond donors (Lipinski definition) is 0. The van der Waals surface area contributed by atoms with Gasteiger partial charge in [-0.3, -0.25) is 4.79 Å². The first-order valence-corrected chi connectivity index (χ1v) is 9.53. The van der Waals surface area contributed by atoms with E-state index in [0.717, 1.165) is 21.8 Å². The minimum Gasteiger partial charge on any atom is -0.312 e. The molecule has 27 heavy (non-hydrogen) atoms. The topological polar surface area (TPSA) is 51.0 Å². The molecule has 0 fully saturated rings. The van der Waals surface area contributed by atoms with Crippen LogP contribution in [0.1, 0.15) is 39.2 Å². The van der Waals surface area contributed by atoms with E-state index >= 15 is 0 Å². The van der Waals surface area contributed by atoms with Crippen molar-refractivity contribution in [1.82, 2.24) is 14.8 Å². The van der Waals surface area contributed by atoms with Crippen LogP contribution in [0.5, 0.6) is 0 Å². The molecule has 0 saturated carbocycles. The van der Waals surface area contributed by atoms with Crippen LogP contribution < -0.4 is 4.90 Å².